The molecule has 1 heterocycles. The zero-order chi connectivity index (χ0) is 8.54. The molecule has 0 aromatic heterocycles. The van der Waals surface area contributed by atoms with Crippen LogP contribution in [0.25, 0.3) is 0 Å². The van der Waals surface area contributed by atoms with Gasteiger partial charge in [-0.3, -0.25) is 0 Å². The van der Waals surface area contributed by atoms with Crippen molar-refractivity contribution < 1.29 is 9.47 Å². The van der Waals surface area contributed by atoms with Crippen LogP contribution in [0.3, 0.4) is 0 Å². The van der Waals surface area contributed by atoms with Gasteiger partial charge in [0.1, 0.15) is 9.87 Å². The molecule has 64 valence electrons. The monoisotopic (exact) mass is 174 g/mol. The van der Waals surface area contributed by atoms with Crippen molar-refractivity contribution in [3.8, 4) is 0 Å². The molecule has 1 aliphatic rings. The molecule has 2 atom stereocenters. The lowest BCUT2D eigenvalue weighted by molar-refractivity contribution is 0.115. The molecule has 0 bridgehead atoms. The van der Waals surface area contributed by atoms with Crippen LogP contribution in [0.5, 0.6) is 0 Å². The van der Waals surface area contributed by atoms with Crippen molar-refractivity contribution >= 4 is 11.8 Å². The molecule has 0 amide bonds. The van der Waals surface area contributed by atoms with Gasteiger partial charge >= 0.3 is 0 Å². The fourth-order valence-corrected chi connectivity index (χ4v) is 2.24. The normalized spacial score (nSPS) is 43.3. The predicted octanol–water partition coefficient (Wildman–Crippen LogP) is 2.01. The van der Waals surface area contributed by atoms with Gasteiger partial charge in [-0.05, 0) is 26.0 Å². The van der Waals surface area contributed by atoms with Gasteiger partial charge in [-0.15, -0.1) is 0 Å². The van der Waals surface area contributed by atoms with Gasteiger partial charge in [0, 0.05) is 14.2 Å². The summed E-state index contributed by atoms with van der Waals surface area (Å²) in [5.41, 5.74) is 0. The molecular formula is C8H14O2S. The van der Waals surface area contributed by atoms with E-state index in [-0.39, 0.29) is 9.87 Å². The number of hydrogen-bond acceptors (Lipinski definition) is 3. The van der Waals surface area contributed by atoms with E-state index in [4.69, 9.17) is 9.47 Å². The van der Waals surface area contributed by atoms with Gasteiger partial charge in [-0.2, -0.15) is 0 Å². The van der Waals surface area contributed by atoms with E-state index in [1.54, 1.807) is 26.0 Å². The molecule has 3 heteroatoms. The summed E-state index contributed by atoms with van der Waals surface area (Å²) in [6, 6.07) is 0. The summed E-state index contributed by atoms with van der Waals surface area (Å²) >= 11 is 1.66. The third kappa shape index (κ3) is 1.78. The average Bonchev–Trinajstić information content (AvgIpc) is 2.30. The Morgan fingerprint density at radius 1 is 1.00 bits per heavy atom. The molecule has 0 radical (unpaired) electrons. The predicted molar refractivity (Wildman–Crippen MR) is 47.6 cm³/mol. The maximum Gasteiger partial charge on any atom is 0.132 e. The summed E-state index contributed by atoms with van der Waals surface area (Å²) in [5.74, 6) is 0. The van der Waals surface area contributed by atoms with Gasteiger partial charge in [-0.25, -0.2) is 0 Å². The third-order valence-electron chi connectivity index (χ3n) is 1.90. The van der Waals surface area contributed by atoms with E-state index in [9.17, 15) is 0 Å². The molecule has 0 saturated heterocycles. The van der Waals surface area contributed by atoms with Gasteiger partial charge in [0.25, 0.3) is 0 Å². The Labute approximate surface area is 71.9 Å². The van der Waals surface area contributed by atoms with E-state index in [2.05, 4.69) is 0 Å². The summed E-state index contributed by atoms with van der Waals surface area (Å²) < 4.78 is 10.6. The van der Waals surface area contributed by atoms with Crippen LogP contribution in [-0.2, 0) is 9.47 Å². The van der Waals surface area contributed by atoms with Gasteiger partial charge in [0.2, 0.25) is 0 Å². The second-order valence-electron chi connectivity index (χ2n) is 2.88. The van der Waals surface area contributed by atoms with Crippen molar-refractivity contribution in [2.45, 2.75) is 23.7 Å². The van der Waals surface area contributed by atoms with Crippen molar-refractivity contribution in [1.29, 1.82) is 0 Å². The van der Waals surface area contributed by atoms with E-state index in [1.165, 1.54) is 0 Å². The fourth-order valence-electron chi connectivity index (χ4n) is 0.993. The second kappa shape index (κ2) is 2.81. The highest BCUT2D eigenvalue weighted by Gasteiger charge is 2.38. The van der Waals surface area contributed by atoms with Gasteiger partial charge in [-0.1, -0.05) is 11.8 Å². The first-order chi connectivity index (χ1) is 5.04. The first-order valence-electron chi connectivity index (χ1n) is 3.54. The Hall–Kier alpha value is 0.01000. The lowest BCUT2D eigenvalue weighted by atomic mass is 10.3. The molecule has 0 fully saturated rings. The first-order valence-corrected chi connectivity index (χ1v) is 4.36. The SMILES string of the molecule is CO[C@]1(C)C=C[C@](C)(OC)S1. The number of methoxy groups -OCH3 is 2. The lowest BCUT2D eigenvalue weighted by Gasteiger charge is -2.26. The van der Waals surface area contributed by atoms with E-state index in [1.807, 2.05) is 26.0 Å². The minimum Gasteiger partial charge on any atom is -0.364 e. The van der Waals surface area contributed by atoms with Gasteiger partial charge < -0.3 is 9.47 Å². The molecule has 0 aromatic carbocycles. The van der Waals surface area contributed by atoms with Crippen molar-refractivity contribution in [1.82, 2.24) is 0 Å². The number of rotatable bonds is 2. The van der Waals surface area contributed by atoms with Crippen LogP contribution in [0.15, 0.2) is 12.2 Å². The van der Waals surface area contributed by atoms with E-state index < -0.39 is 0 Å². The van der Waals surface area contributed by atoms with Crippen LogP contribution in [0.1, 0.15) is 13.8 Å². The molecule has 0 saturated carbocycles. The van der Waals surface area contributed by atoms with Crippen LogP contribution in [0.4, 0.5) is 0 Å². The van der Waals surface area contributed by atoms with Gasteiger partial charge in [0.15, 0.2) is 0 Å². The minimum absolute atomic E-state index is 0.217. The van der Waals surface area contributed by atoms with Crippen LogP contribution in [-0.4, -0.2) is 24.1 Å². The van der Waals surface area contributed by atoms with Crippen LogP contribution in [0.2, 0.25) is 0 Å². The van der Waals surface area contributed by atoms with Crippen molar-refractivity contribution in [3.63, 3.8) is 0 Å². The zero-order valence-electron chi connectivity index (χ0n) is 7.38. The largest absolute Gasteiger partial charge is 0.364 e. The Morgan fingerprint density at radius 2 is 1.36 bits per heavy atom. The Morgan fingerprint density at radius 3 is 1.55 bits per heavy atom. The Kier molecular flexibility index (Phi) is 2.32. The fraction of sp³-hybridized carbons (Fsp3) is 0.750. The minimum atomic E-state index is -0.218. The summed E-state index contributed by atoms with van der Waals surface area (Å²) in [7, 11) is 3.41. The van der Waals surface area contributed by atoms with Crippen LogP contribution >= 0.6 is 11.8 Å². The number of thioether (sulfide) groups is 1. The van der Waals surface area contributed by atoms with Crippen molar-refractivity contribution in [2.24, 2.45) is 0 Å². The Balaban J connectivity index is 2.68. The van der Waals surface area contributed by atoms with Crippen LogP contribution in [0, 0.1) is 0 Å². The van der Waals surface area contributed by atoms with E-state index in [0.717, 1.165) is 0 Å². The average molecular weight is 174 g/mol. The lowest BCUT2D eigenvalue weighted by Crippen LogP contribution is -2.24. The highest BCUT2D eigenvalue weighted by molar-refractivity contribution is 8.02. The summed E-state index contributed by atoms with van der Waals surface area (Å²) in [5, 5.41) is 0. The van der Waals surface area contributed by atoms with Gasteiger partial charge in [0.05, 0.1) is 0 Å². The summed E-state index contributed by atoms with van der Waals surface area (Å²) in [6.07, 6.45) is 4.06. The number of hydrogen-bond donors (Lipinski definition) is 0. The maximum atomic E-state index is 5.29. The Bertz CT molecular complexity index is 163. The molecule has 1 aliphatic heterocycles. The topological polar surface area (TPSA) is 18.5 Å². The molecule has 2 nitrogen and oxygen atoms in total. The van der Waals surface area contributed by atoms with Crippen molar-refractivity contribution in [2.75, 3.05) is 14.2 Å². The third-order valence-corrected chi connectivity index (χ3v) is 3.32. The highest BCUT2D eigenvalue weighted by atomic mass is 32.2. The first kappa shape index (κ1) is 9.10. The van der Waals surface area contributed by atoms with E-state index >= 15 is 0 Å². The molecule has 11 heavy (non-hydrogen) atoms. The quantitative estimate of drug-likeness (QED) is 0.597. The second-order valence-corrected chi connectivity index (χ2v) is 4.70. The van der Waals surface area contributed by atoms with E-state index in [0.29, 0.717) is 0 Å². The smallest absolute Gasteiger partial charge is 0.132 e. The summed E-state index contributed by atoms with van der Waals surface area (Å²) in [6.45, 7) is 4.05. The molecule has 0 aliphatic carbocycles. The molecule has 0 N–H and O–H groups in total. The molecule has 1 rings (SSSR count). The molecular weight excluding hydrogens is 160 g/mol. The van der Waals surface area contributed by atoms with Crippen LogP contribution < -0.4 is 0 Å². The molecule has 0 unspecified atom stereocenters. The molecule has 0 spiro atoms. The maximum absolute atomic E-state index is 5.29. The molecule has 0 aromatic rings. The number of ether oxygens (including phenoxy) is 2. The standard InChI is InChI=1S/C8H14O2S/c1-7(9-3)5-6-8(2,10-4)11-7/h5-6H,1-4H3/t7-,8+. The highest BCUT2D eigenvalue weighted by Crippen LogP contribution is 2.45. The van der Waals surface area contributed by atoms with Crippen molar-refractivity contribution in [3.05, 3.63) is 12.2 Å². The summed E-state index contributed by atoms with van der Waals surface area (Å²) in [4.78, 5) is -0.435. The zero-order valence-corrected chi connectivity index (χ0v) is 8.20.